The number of benzene rings is 3. The highest BCUT2D eigenvalue weighted by atomic mass is 32.2. The van der Waals surface area contributed by atoms with Crippen LogP contribution in [-0.4, -0.2) is 37.2 Å². The molecule has 2 N–H and O–H groups in total. The molecule has 7 nitrogen and oxygen atoms in total. The molecule has 0 aliphatic rings. The predicted octanol–water partition coefficient (Wildman–Crippen LogP) is 4.97. The molecule has 172 valence electrons. The van der Waals surface area contributed by atoms with E-state index in [0.29, 0.717) is 17.4 Å². The molecule has 34 heavy (non-hydrogen) atoms. The van der Waals surface area contributed by atoms with Crippen molar-refractivity contribution in [1.29, 1.82) is 0 Å². The number of hydrogen-bond acceptors (Lipinski definition) is 6. The van der Waals surface area contributed by atoms with E-state index < -0.39 is 0 Å². The Morgan fingerprint density at radius 3 is 2.38 bits per heavy atom. The van der Waals surface area contributed by atoms with Crippen molar-refractivity contribution in [2.45, 2.75) is 25.4 Å². The van der Waals surface area contributed by atoms with Crippen LogP contribution >= 0.6 is 11.8 Å². The lowest BCUT2D eigenvalue weighted by Gasteiger charge is -2.10. The van der Waals surface area contributed by atoms with E-state index in [0.717, 1.165) is 22.5 Å². The zero-order chi connectivity index (χ0) is 23.9. The van der Waals surface area contributed by atoms with Crippen LogP contribution in [0.3, 0.4) is 0 Å². The van der Waals surface area contributed by atoms with Crippen LogP contribution in [0.5, 0.6) is 5.75 Å². The van der Waals surface area contributed by atoms with Gasteiger partial charge in [0.05, 0.1) is 11.5 Å². The number of rotatable bonds is 8. The number of nitrogens with one attached hydrogen (secondary N) is 1. The minimum absolute atomic E-state index is 0.134. The molecule has 0 saturated heterocycles. The van der Waals surface area contributed by atoms with Gasteiger partial charge in [-0.1, -0.05) is 66.7 Å². The molecule has 0 aliphatic heterocycles. The standard InChI is InChI=1S/C26H25N5O2S/c1-3-23(19-13-15-22(32)16-14-19)27-28-24(33)17-34-26-30-29-25(20-11-9-18(2)10-12-20)31(26)21-7-5-4-6-8-21/h4-16,32H,3,17H2,1-2H3,(H,28,33)/b27-23-. The fourth-order valence-corrected chi connectivity index (χ4v) is 4.10. The Kier molecular flexibility index (Phi) is 7.39. The molecule has 0 atom stereocenters. The van der Waals surface area contributed by atoms with Crippen molar-refractivity contribution in [3.63, 3.8) is 0 Å². The molecule has 0 unspecified atom stereocenters. The molecule has 0 bridgehead atoms. The molecule has 4 rings (SSSR count). The number of carbonyl (C=O) groups excluding carboxylic acids is 1. The highest BCUT2D eigenvalue weighted by Crippen LogP contribution is 2.28. The second kappa shape index (κ2) is 10.8. The number of phenols is 1. The minimum Gasteiger partial charge on any atom is -0.508 e. The quantitative estimate of drug-likeness (QED) is 0.215. The minimum atomic E-state index is -0.241. The Morgan fingerprint density at radius 2 is 1.71 bits per heavy atom. The predicted molar refractivity (Wildman–Crippen MR) is 135 cm³/mol. The number of nitrogens with zero attached hydrogens (tertiary/aromatic N) is 4. The summed E-state index contributed by atoms with van der Waals surface area (Å²) in [4.78, 5) is 12.5. The highest BCUT2D eigenvalue weighted by Gasteiger charge is 2.17. The van der Waals surface area contributed by atoms with Crippen LogP contribution in [0.2, 0.25) is 0 Å². The van der Waals surface area contributed by atoms with Gasteiger partial charge in [0, 0.05) is 11.3 Å². The van der Waals surface area contributed by atoms with E-state index in [-0.39, 0.29) is 17.4 Å². The number of carbonyl (C=O) groups is 1. The van der Waals surface area contributed by atoms with Gasteiger partial charge in [-0.2, -0.15) is 5.10 Å². The Labute approximate surface area is 202 Å². The van der Waals surface area contributed by atoms with Crippen molar-refractivity contribution in [3.05, 3.63) is 90.0 Å². The SMILES string of the molecule is CC/C(=N/NC(=O)CSc1nnc(-c2ccc(C)cc2)n1-c1ccccc1)c1ccc(O)cc1. The molecular weight excluding hydrogens is 446 g/mol. The average molecular weight is 472 g/mol. The zero-order valence-corrected chi connectivity index (χ0v) is 19.8. The first-order valence-corrected chi connectivity index (χ1v) is 11.9. The van der Waals surface area contributed by atoms with E-state index in [4.69, 9.17) is 0 Å². The van der Waals surface area contributed by atoms with Gasteiger partial charge in [-0.3, -0.25) is 9.36 Å². The summed E-state index contributed by atoms with van der Waals surface area (Å²) in [5, 5.41) is 23.2. The van der Waals surface area contributed by atoms with Gasteiger partial charge < -0.3 is 5.11 Å². The summed E-state index contributed by atoms with van der Waals surface area (Å²) >= 11 is 1.30. The number of aromatic hydroxyl groups is 1. The lowest BCUT2D eigenvalue weighted by Crippen LogP contribution is -2.22. The third-order valence-corrected chi connectivity index (χ3v) is 6.07. The number of aromatic nitrogens is 3. The molecule has 0 radical (unpaired) electrons. The first-order valence-electron chi connectivity index (χ1n) is 10.9. The van der Waals surface area contributed by atoms with Gasteiger partial charge in [-0.05, 0) is 55.3 Å². The number of para-hydroxylation sites is 1. The molecule has 1 heterocycles. The Bertz CT molecular complexity index is 1280. The monoisotopic (exact) mass is 471 g/mol. The summed E-state index contributed by atoms with van der Waals surface area (Å²) in [6, 6.07) is 24.7. The molecule has 0 saturated carbocycles. The maximum atomic E-state index is 12.5. The highest BCUT2D eigenvalue weighted by molar-refractivity contribution is 7.99. The average Bonchev–Trinajstić information content (AvgIpc) is 3.29. The number of amides is 1. The molecular formula is C26H25N5O2S. The fourth-order valence-electron chi connectivity index (χ4n) is 3.36. The fraction of sp³-hybridized carbons (Fsp3) is 0.154. The third-order valence-electron chi connectivity index (χ3n) is 5.14. The topological polar surface area (TPSA) is 92.4 Å². The number of phenolic OH excluding ortho intramolecular Hbond substituents is 1. The van der Waals surface area contributed by atoms with Gasteiger partial charge in [0.2, 0.25) is 0 Å². The normalized spacial score (nSPS) is 11.4. The van der Waals surface area contributed by atoms with Gasteiger partial charge in [0.15, 0.2) is 11.0 Å². The molecule has 3 aromatic carbocycles. The lowest BCUT2D eigenvalue weighted by molar-refractivity contribution is -0.118. The van der Waals surface area contributed by atoms with Crippen molar-refractivity contribution >= 4 is 23.4 Å². The number of thioether (sulfide) groups is 1. The summed E-state index contributed by atoms with van der Waals surface area (Å²) in [5.74, 6) is 0.795. The second-order valence-electron chi connectivity index (χ2n) is 7.63. The van der Waals surface area contributed by atoms with Crippen LogP contribution in [0.1, 0.15) is 24.5 Å². The number of aryl methyl sites for hydroxylation is 1. The molecule has 4 aromatic rings. The molecule has 1 aromatic heterocycles. The summed E-state index contributed by atoms with van der Waals surface area (Å²) in [7, 11) is 0. The largest absolute Gasteiger partial charge is 0.508 e. The van der Waals surface area contributed by atoms with Crippen LogP contribution < -0.4 is 5.43 Å². The smallest absolute Gasteiger partial charge is 0.250 e. The Balaban J connectivity index is 1.52. The molecule has 8 heteroatoms. The Morgan fingerprint density at radius 1 is 1.00 bits per heavy atom. The molecule has 1 amide bonds. The Hall–Kier alpha value is -3.91. The first-order chi connectivity index (χ1) is 16.5. The van der Waals surface area contributed by atoms with E-state index in [9.17, 15) is 9.90 Å². The van der Waals surface area contributed by atoms with Crippen molar-refractivity contribution < 1.29 is 9.90 Å². The molecule has 0 fully saturated rings. The van der Waals surface area contributed by atoms with E-state index in [1.807, 2.05) is 73.0 Å². The lowest BCUT2D eigenvalue weighted by atomic mass is 10.1. The van der Waals surface area contributed by atoms with E-state index in [1.165, 1.54) is 17.3 Å². The summed E-state index contributed by atoms with van der Waals surface area (Å²) in [6.07, 6.45) is 0.639. The summed E-state index contributed by atoms with van der Waals surface area (Å²) in [5.41, 5.74) is 7.24. The van der Waals surface area contributed by atoms with Crippen LogP contribution in [0.15, 0.2) is 89.1 Å². The van der Waals surface area contributed by atoms with Crippen molar-refractivity contribution in [2.75, 3.05) is 5.75 Å². The van der Waals surface area contributed by atoms with Gasteiger partial charge in [-0.25, -0.2) is 5.43 Å². The van der Waals surface area contributed by atoms with E-state index >= 15 is 0 Å². The van der Waals surface area contributed by atoms with Crippen LogP contribution in [-0.2, 0) is 4.79 Å². The van der Waals surface area contributed by atoms with Crippen molar-refractivity contribution in [2.24, 2.45) is 5.10 Å². The number of hydrogen-bond donors (Lipinski definition) is 2. The maximum Gasteiger partial charge on any atom is 0.250 e. The van der Waals surface area contributed by atoms with Crippen LogP contribution in [0.25, 0.3) is 17.1 Å². The molecule has 0 spiro atoms. The van der Waals surface area contributed by atoms with Crippen molar-refractivity contribution in [3.8, 4) is 22.8 Å². The van der Waals surface area contributed by atoms with Crippen molar-refractivity contribution in [1.82, 2.24) is 20.2 Å². The summed E-state index contributed by atoms with van der Waals surface area (Å²) < 4.78 is 1.96. The van der Waals surface area contributed by atoms with E-state index in [1.54, 1.807) is 24.3 Å². The second-order valence-corrected chi connectivity index (χ2v) is 8.57. The third kappa shape index (κ3) is 5.52. The number of hydrazone groups is 1. The molecule has 0 aliphatic carbocycles. The zero-order valence-electron chi connectivity index (χ0n) is 19.0. The van der Waals surface area contributed by atoms with Gasteiger partial charge in [-0.15, -0.1) is 10.2 Å². The maximum absolute atomic E-state index is 12.5. The first kappa shape index (κ1) is 23.3. The van der Waals surface area contributed by atoms with Crippen LogP contribution in [0, 0.1) is 6.92 Å². The van der Waals surface area contributed by atoms with E-state index in [2.05, 4.69) is 20.7 Å². The summed E-state index contributed by atoms with van der Waals surface area (Å²) in [6.45, 7) is 4.00. The van der Waals surface area contributed by atoms with Gasteiger partial charge >= 0.3 is 0 Å². The van der Waals surface area contributed by atoms with Gasteiger partial charge in [0.25, 0.3) is 5.91 Å². The van der Waals surface area contributed by atoms with Crippen LogP contribution in [0.4, 0.5) is 0 Å². The van der Waals surface area contributed by atoms with Gasteiger partial charge in [0.1, 0.15) is 5.75 Å².